The first-order valence-corrected chi connectivity index (χ1v) is 8.41. The number of carbonyl (C=O) groups is 1. The van der Waals surface area contributed by atoms with Crippen molar-refractivity contribution < 1.29 is 18.3 Å². The average Bonchev–Trinajstić information content (AvgIpc) is 2.98. The number of sulfonamides is 1. The molecule has 1 N–H and O–H groups in total. The predicted octanol–water partition coefficient (Wildman–Crippen LogP) is 1.70. The van der Waals surface area contributed by atoms with Crippen molar-refractivity contribution in [2.24, 2.45) is 0 Å². The van der Waals surface area contributed by atoms with Gasteiger partial charge in [-0.25, -0.2) is 22.5 Å². The maximum Gasteiger partial charge on any atom is 0.335 e. The summed E-state index contributed by atoms with van der Waals surface area (Å²) in [4.78, 5) is 14.9. The molecule has 0 saturated carbocycles. The molecule has 0 unspecified atom stereocenters. The molecule has 112 valence electrons. The Bertz CT molecular complexity index is 709. The van der Waals surface area contributed by atoms with Gasteiger partial charge in [0.1, 0.15) is 0 Å². The first-order valence-electron chi connectivity index (χ1n) is 6.09. The molecule has 0 fully saturated rings. The van der Waals surface area contributed by atoms with Gasteiger partial charge in [0.15, 0.2) is 0 Å². The minimum Gasteiger partial charge on any atom is -0.478 e. The van der Waals surface area contributed by atoms with Gasteiger partial charge >= 0.3 is 5.97 Å². The Kier molecular flexibility index (Phi) is 4.71. The zero-order chi connectivity index (χ0) is 15.5. The number of aromatic nitrogens is 1. The van der Waals surface area contributed by atoms with Crippen molar-refractivity contribution in [3.63, 3.8) is 0 Å². The average molecular weight is 326 g/mol. The van der Waals surface area contributed by atoms with E-state index in [0.717, 1.165) is 5.01 Å². The fraction of sp³-hybridized carbons (Fsp3) is 0.231. The number of hydrogen-bond acceptors (Lipinski definition) is 5. The Labute approximate surface area is 126 Å². The SMILES string of the molecule is CN(CCc1nccs1)S(=O)(=O)c1ccc(C(=O)O)cc1. The molecule has 6 nitrogen and oxygen atoms in total. The summed E-state index contributed by atoms with van der Waals surface area (Å²) in [5, 5.41) is 11.5. The van der Waals surface area contributed by atoms with Crippen molar-refractivity contribution in [3.8, 4) is 0 Å². The van der Waals surface area contributed by atoms with E-state index in [2.05, 4.69) is 4.98 Å². The van der Waals surface area contributed by atoms with Crippen LogP contribution >= 0.6 is 11.3 Å². The second kappa shape index (κ2) is 6.33. The van der Waals surface area contributed by atoms with Crippen molar-refractivity contribution in [2.75, 3.05) is 13.6 Å². The number of rotatable bonds is 6. The van der Waals surface area contributed by atoms with E-state index in [1.54, 1.807) is 6.20 Å². The molecule has 0 aliphatic rings. The molecule has 1 aromatic carbocycles. The lowest BCUT2D eigenvalue weighted by molar-refractivity contribution is 0.0696. The van der Waals surface area contributed by atoms with Gasteiger partial charge in [-0.2, -0.15) is 0 Å². The van der Waals surface area contributed by atoms with Crippen LogP contribution in [0.15, 0.2) is 40.7 Å². The van der Waals surface area contributed by atoms with Crippen molar-refractivity contribution >= 4 is 27.3 Å². The lowest BCUT2D eigenvalue weighted by Crippen LogP contribution is -2.29. The predicted molar refractivity (Wildman–Crippen MR) is 79.0 cm³/mol. The summed E-state index contributed by atoms with van der Waals surface area (Å²) < 4.78 is 25.9. The van der Waals surface area contributed by atoms with Crippen LogP contribution in [0.25, 0.3) is 0 Å². The highest BCUT2D eigenvalue weighted by Crippen LogP contribution is 2.16. The number of likely N-dealkylation sites (N-methyl/N-ethyl adjacent to an activating group) is 1. The maximum atomic E-state index is 12.3. The zero-order valence-corrected chi connectivity index (χ0v) is 12.9. The van der Waals surface area contributed by atoms with Gasteiger partial charge in [-0.3, -0.25) is 0 Å². The van der Waals surface area contributed by atoms with Crippen molar-refractivity contribution in [3.05, 3.63) is 46.4 Å². The Hall–Kier alpha value is -1.77. The van der Waals surface area contributed by atoms with Crippen molar-refractivity contribution in [1.82, 2.24) is 9.29 Å². The Morgan fingerprint density at radius 2 is 2.00 bits per heavy atom. The Balaban J connectivity index is 2.10. The largest absolute Gasteiger partial charge is 0.478 e. The van der Waals surface area contributed by atoms with E-state index in [4.69, 9.17) is 5.11 Å². The number of carboxylic acid groups (broad SMARTS) is 1. The van der Waals surface area contributed by atoms with Crippen LogP contribution in [-0.4, -0.2) is 42.4 Å². The van der Waals surface area contributed by atoms with Crippen molar-refractivity contribution in [1.29, 1.82) is 0 Å². The molecule has 0 bridgehead atoms. The van der Waals surface area contributed by atoms with Crippen LogP contribution in [-0.2, 0) is 16.4 Å². The number of thiazole rings is 1. The molecule has 2 rings (SSSR count). The van der Waals surface area contributed by atoms with Gasteiger partial charge in [-0.15, -0.1) is 11.3 Å². The maximum absolute atomic E-state index is 12.3. The highest BCUT2D eigenvalue weighted by atomic mass is 32.2. The number of carboxylic acids is 1. The molecule has 0 aliphatic carbocycles. The minimum atomic E-state index is -3.62. The molecule has 0 amide bonds. The summed E-state index contributed by atoms with van der Waals surface area (Å²) in [5.41, 5.74) is 0.0550. The summed E-state index contributed by atoms with van der Waals surface area (Å²) in [7, 11) is -2.12. The first-order chi connectivity index (χ1) is 9.91. The summed E-state index contributed by atoms with van der Waals surface area (Å²) in [5.74, 6) is -1.09. The van der Waals surface area contributed by atoms with Crippen molar-refractivity contribution in [2.45, 2.75) is 11.3 Å². The van der Waals surface area contributed by atoms with Crippen LogP contribution < -0.4 is 0 Å². The zero-order valence-electron chi connectivity index (χ0n) is 11.3. The molecule has 0 saturated heterocycles. The van der Waals surface area contributed by atoms with E-state index in [0.29, 0.717) is 13.0 Å². The Morgan fingerprint density at radius 3 is 2.52 bits per heavy atom. The van der Waals surface area contributed by atoms with E-state index < -0.39 is 16.0 Å². The molecule has 0 spiro atoms. The van der Waals surface area contributed by atoms with Gasteiger partial charge in [0.25, 0.3) is 0 Å². The van der Waals surface area contributed by atoms with Crippen LogP contribution in [0.1, 0.15) is 15.4 Å². The second-order valence-electron chi connectivity index (χ2n) is 4.33. The normalized spacial score (nSPS) is 11.7. The van der Waals surface area contributed by atoms with Gasteiger partial charge in [-0.1, -0.05) is 0 Å². The molecule has 8 heteroatoms. The molecule has 0 atom stereocenters. The molecule has 0 radical (unpaired) electrons. The molecule has 2 aromatic rings. The number of aromatic carboxylic acids is 1. The smallest absolute Gasteiger partial charge is 0.335 e. The number of nitrogens with zero attached hydrogens (tertiary/aromatic N) is 2. The van der Waals surface area contributed by atoms with Gasteiger partial charge in [0.2, 0.25) is 10.0 Å². The highest BCUT2D eigenvalue weighted by molar-refractivity contribution is 7.89. The van der Waals surface area contributed by atoms with Crippen LogP contribution in [0.2, 0.25) is 0 Å². The third kappa shape index (κ3) is 3.66. The topological polar surface area (TPSA) is 87.6 Å². The first kappa shape index (κ1) is 15.6. The van der Waals surface area contributed by atoms with Gasteiger partial charge < -0.3 is 5.11 Å². The number of hydrogen-bond donors (Lipinski definition) is 1. The van der Waals surface area contributed by atoms with E-state index >= 15 is 0 Å². The van der Waals surface area contributed by atoms with E-state index in [1.165, 1.54) is 47.0 Å². The third-order valence-electron chi connectivity index (χ3n) is 2.93. The summed E-state index contributed by atoms with van der Waals surface area (Å²) in [6.07, 6.45) is 2.22. The molecule has 1 heterocycles. The van der Waals surface area contributed by atoms with Crippen LogP contribution in [0, 0.1) is 0 Å². The van der Waals surface area contributed by atoms with E-state index in [9.17, 15) is 13.2 Å². The van der Waals surface area contributed by atoms with Crippen LogP contribution in [0.4, 0.5) is 0 Å². The monoisotopic (exact) mass is 326 g/mol. The molecule has 0 aliphatic heterocycles. The van der Waals surface area contributed by atoms with E-state index in [-0.39, 0.29) is 10.5 Å². The molecule has 21 heavy (non-hydrogen) atoms. The van der Waals surface area contributed by atoms with Gasteiger partial charge in [0, 0.05) is 31.6 Å². The summed E-state index contributed by atoms with van der Waals surface area (Å²) >= 11 is 1.48. The fourth-order valence-corrected chi connectivity index (χ4v) is 3.48. The van der Waals surface area contributed by atoms with E-state index in [1.807, 2.05) is 5.38 Å². The quantitative estimate of drug-likeness (QED) is 0.873. The molecular weight excluding hydrogens is 312 g/mol. The lowest BCUT2D eigenvalue weighted by atomic mass is 10.2. The fourth-order valence-electron chi connectivity index (χ4n) is 1.70. The number of benzene rings is 1. The van der Waals surface area contributed by atoms with Gasteiger partial charge in [-0.05, 0) is 24.3 Å². The van der Waals surface area contributed by atoms with Crippen LogP contribution in [0.5, 0.6) is 0 Å². The van der Waals surface area contributed by atoms with Crippen LogP contribution in [0.3, 0.4) is 0 Å². The van der Waals surface area contributed by atoms with Gasteiger partial charge in [0.05, 0.1) is 15.5 Å². The third-order valence-corrected chi connectivity index (χ3v) is 5.64. The highest BCUT2D eigenvalue weighted by Gasteiger charge is 2.21. The molecular formula is C13H14N2O4S2. The lowest BCUT2D eigenvalue weighted by Gasteiger charge is -2.16. The minimum absolute atomic E-state index is 0.0550. The summed E-state index contributed by atoms with van der Waals surface area (Å²) in [6, 6.07) is 5.17. The summed E-state index contributed by atoms with van der Waals surface area (Å²) in [6.45, 7) is 0.316. The Morgan fingerprint density at radius 1 is 1.33 bits per heavy atom. The second-order valence-corrected chi connectivity index (χ2v) is 7.36. The molecule has 1 aromatic heterocycles. The standard InChI is InChI=1S/C13H14N2O4S2/c1-15(8-6-12-14-7-9-20-12)21(18,19)11-4-2-10(3-5-11)13(16)17/h2-5,7,9H,6,8H2,1H3,(H,16,17).